The van der Waals surface area contributed by atoms with Crippen molar-refractivity contribution in [2.24, 2.45) is 0 Å². The molecule has 0 saturated heterocycles. The molecule has 0 bridgehead atoms. The maximum Gasteiger partial charge on any atom is 0.246 e. The number of carbonyl (C=O) groups is 2. The Bertz CT molecular complexity index is 880. The first-order valence-corrected chi connectivity index (χ1v) is 9.14. The van der Waals surface area contributed by atoms with Crippen molar-refractivity contribution in [1.29, 1.82) is 0 Å². The van der Waals surface area contributed by atoms with E-state index >= 15 is 0 Å². The van der Waals surface area contributed by atoms with Crippen LogP contribution in [-0.2, 0) is 22.6 Å². The number of ether oxygens (including phenoxy) is 2. The van der Waals surface area contributed by atoms with Crippen LogP contribution in [-0.4, -0.2) is 36.6 Å². The zero-order valence-corrected chi connectivity index (χ0v) is 15.3. The molecule has 2 aromatic carbocycles. The largest absolute Gasteiger partial charge is 0.454 e. The van der Waals surface area contributed by atoms with Gasteiger partial charge in [-0.2, -0.15) is 0 Å². The highest BCUT2D eigenvalue weighted by Crippen LogP contribution is 2.33. The van der Waals surface area contributed by atoms with Gasteiger partial charge in [0.05, 0.1) is 0 Å². The van der Waals surface area contributed by atoms with Crippen LogP contribution < -0.4 is 14.4 Å². The summed E-state index contributed by atoms with van der Waals surface area (Å²) in [5.41, 5.74) is 3.05. The van der Waals surface area contributed by atoms with Gasteiger partial charge < -0.3 is 19.3 Å². The minimum Gasteiger partial charge on any atom is -0.454 e. The Morgan fingerprint density at radius 1 is 1.11 bits per heavy atom. The van der Waals surface area contributed by atoms with Crippen molar-refractivity contribution in [3.05, 3.63) is 53.6 Å². The van der Waals surface area contributed by atoms with Gasteiger partial charge in [-0.15, -0.1) is 0 Å². The van der Waals surface area contributed by atoms with Gasteiger partial charge in [-0.3, -0.25) is 9.59 Å². The van der Waals surface area contributed by atoms with Crippen LogP contribution in [0, 0.1) is 0 Å². The van der Waals surface area contributed by atoms with E-state index in [4.69, 9.17) is 9.47 Å². The molecule has 2 heterocycles. The molecule has 6 heteroatoms. The van der Waals surface area contributed by atoms with E-state index in [-0.39, 0.29) is 25.2 Å². The van der Waals surface area contributed by atoms with Gasteiger partial charge in [0.25, 0.3) is 0 Å². The van der Waals surface area contributed by atoms with Gasteiger partial charge in [0, 0.05) is 25.7 Å². The molecular formula is C21H22N2O4. The van der Waals surface area contributed by atoms with Gasteiger partial charge in [-0.25, -0.2) is 0 Å². The predicted molar refractivity (Wildman–Crippen MR) is 101 cm³/mol. The molecule has 2 amide bonds. The number of rotatable bonds is 4. The summed E-state index contributed by atoms with van der Waals surface area (Å²) in [7, 11) is 0. The summed E-state index contributed by atoms with van der Waals surface area (Å²) in [6, 6.07) is 13.6. The molecule has 0 N–H and O–H groups in total. The standard InChI is InChI=1S/C21H22N2O4/c1-15(24)22(12-16-8-9-19-20(11-16)27-14-26-19)13-21(25)23-10-4-6-17-5-2-3-7-18(17)23/h2-3,5,7-9,11H,4,6,10,12-14H2,1H3. The first kappa shape index (κ1) is 17.4. The molecule has 0 atom stereocenters. The fourth-order valence-electron chi connectivity index (χ4n) is 3.58. The van der Waals surface area contributed by atoms with Crippen molar-refractivity contribution in [3.63, 3.8) is 0 Å². The monoisotopic (exact) mass is 366 g/mol. The Morgan fingerprint density at radius 3 is 2.78 bits per heavy atom. The topological polar surface area (TPSA) is 59.1 Å². The third-order valence-corrected chi connectivity index (χ3v) is 4.99. The number of nitrogens with zero attached hydrogens (tertiary/aromatic N) is 2. The van der Waals surface area contributed by atoms with Crippen LogP contribution in [0.4, 0.5) is 5.69 Å². The molecule has 2 aliphatic heterocycles. The number of aryl methyl sites for hydroxylation is 1. The van der Waals surface area contributed by atoms with Crippen LogP contribution in [0.5, 0.6) is 11.5 Å². The molecule has 2 aliphatic rings. The van der Waals surface area contributed by atoms with E-state index in [0.717, 1.165) is 24.1 Å². The van der Waals surface area contributed by atoms with Crippen LogP contribution in [0.1, 0.15) is 24.5 Å². The van der Waals surface area contributed by atoms with E-state index in [2.05, 4.69) is 6.07 Å². The highest BCUT2D eigenvalue weighted by atomic mass is 16.7. The molecule has 0 spiro atoms. The second kappa shape index (κ2) is 7.31. The molecule has 0 radical (unpaired) electrons. The lowest BCUT2D eigenvalue weighted by atomic mass is 10.0. The second-order valence-corrected chi connectivity index (χ2v) is 6.84. The zero-order chi connectivity index (χ0) is 18.8. The Hall–Kier alpha value is -3.02. The number of fused-ring (bicyclic) bond motifs is 2. The fraction of sp³-hybridized carbons (Fsp3) is 0.333. The van der Waals surface area contributed by atoms with Gasteiger partial charge >= 0.3 is 0 Å². The van der Waals surface area contributed by atoms with Crippen LogP contribution in [0.3, 0.4) is 0 Å². The Labute approximate surface area is 158 Å². The Balaban J connectivity index is 1.49. The van der Waals surface area contributed by atoms with E-state index in [1.807, 2.05) is 36.4 Å². The quantitative estimate of drug-likeness (QED) is 0.835. The third-order valence-electron chi connectivity index (χ3n) is 4.99. The normalized spacial score (nSPS) is 14.6. The number of carbonyl (C=O) groups excluding carboxylic acids is 2. The maximum absolute atomic E-state index is 12.9. The van der Waals surface area contributed by atoms with E-state index in [0.29, 0.717) is 24.6 Å². The number of anilines is 1. The summed E-state index contributed by atoms with van der Waals surface area (Å²) < 4.78 is 10.7. The average Bonchev–Trinajstić information content (AvgIpc) is 3.14. The molecule has 0 aliphatic carbocycles. The highest BCUT2D eigenvalue weighted by Gasteiger charge is 2.25. The summed E-state index contributed by atoms with van der Waals surface area (Å²) in [6.07, 6.45) is 1.92. The summed E-state index contributed by atoms with van der Waals surface area (Å²) in [6.45, 7) is 2.80. The van der Waals surface area contributed by atoms with Crippen molar-refractivity contribution in [1.82, 2.24) is 4.90 Å². The van der Waals surface area contributed by atoms with Crippen LogP contribution >= 0.6 is 0 Å². The number of hydrogen-bond acceptors (Lipinski definition) is 4. The molecular weight excluding hydrogens is 344 g/mol. The molecule has 0 saturated carbocycles. The van der Waals surface area contributed by atoms with Crippen LogP contribution in [0.25, 0.3) is 0 Å². The zero-order valence-electron chi connectivity index (χ0n) is 15.3. The van der Waals surface area contributed by atoms with Crippen LogP contribution in [0.15, 0.2) is 42.5 Å². The van der Waals surface area contributed by atoms with Crippen molar-refractivity contribution in [2.75, 3.05) is 24.8 Å². The van der Waals surface area contributed by atoms with Crippen LogP contribution in [0.2, 0.25) is 0 Å². The van der Waals surface area contributed by atoms with Crippen molar-refractivity contribution >= 4 is 17.5 Å². The van der Waals surface area contributed by atoms with Gasteiger partial charge in [0.1, 0.15) is 6.54 Å². The SMILES string of the molecule is CC(=O)N(CC(=O)N1CCCc2ccccc21)Cc1ccc2c(c1)OCO2. The average molecular weight is 366 g/mol. The lowest BCUT2D eigenvalue weighted by molar-refractivity contribution is -0.134. The van der Waals surface area contributed by atoms with E-state index < -0.39 is 0 Å². The van der Waals surface area contributed by atoms with Crippen molar-refractivity contribution in [3.8, 4) is 11.5 Å². The molecule has 140 valence electrons. The Kier molecular flexibility index (Phi) is 4.71. The Morgan fingerprint density at radius 2 is 1.93 bits per heavy atom. The number of benzene rings is 2. The third kappa shape index (κ3) is 3.60. The van der Waals surface area contributed by atoms with E-state index in [1.54, 1.807) is 9.80 Å². The molecule has 0 fully saturated rings. The second-order valence-electron chi connectivity index (χ2n) is 6.84. The highest BCUT2D eigenvalue weighted by molar-refractivity contribution is 5.97. The minimum absolute atomic E-state index is 0.0537. The molecule has 6 nitrogen and oxygen atoms in total. The van der Waals surface area contributed by atoms with E-state index in [9.17, 15) is 9.59 Å². The van der Waals surface area contributed by atoms with Gasteiger partial charge in [0.2, 0.25) is 18.6 Å². The molecule has 4 rings (SSSR count). The van der Waals surface area contributed by atoms with Crippen molar-refractivity contribution < 1.29 is 19.1 Å². The van der Waals surface area contributed by atoms with Gasteiger partial charge in [-0.1, -0.05) is 24.3 Å². The molecule has 0 unspecified atom stereocenters. The lowest BCUT2D eigenvalue weighted by Gasteiger charge is -2.31. The van der Waals surface area contributed by atoms with Gasteiger partial charge in [0.15, 0.2) is 11.5 Å². The fourth-order valence-corrected chi connectivity index (χ4v) is 3.58. The summed E-state index contributed by atoms with van der Waals surface area (Å²) >= 11 is 0. The molecule has 0 aromatic heterocycles. The van der Waals surface area contributed by atoms with Gasteiger partial charge in [-0.05, 0) is 42.2 Å². The predicted octanol–water partition coefficient (Wildman–Crippen LogP) is 2.74. The van der Waals surface area contributed by atoms with Crippen molar-refractivity contribution in [2.45, 2.75) is 26.3 Å². The smallest absolute Gasteiger partial charge is 0.246 e. The molecule has 2 aromatic rings. The maximum atomic E-state index is 12.9. The summed E-state index contributed by atoms with van der Waals surface area (Å²) in [4.78, 5) is 28.5. The first-order valence-electron chi connectivity index (χ1n) is 9.14. The summed E-state index contributed by atoms with van der Waals surface area (Å²) in [5, 5.41) is 0. The number of para-hydroxylation sites is 1. The number of hydrogen-bond donors (Lipinski definition) is 0. The lowest BCUT2D eigenvalue weighted by Crippen LogP contribution is -2.44. The van der Waals surface area contributed by atoms with E-state index in [1.165, 1.54) is 12.5 Å². The first-order chi connectivity index (χ1) is 13.1. The summed E-state index contributed by atoms with van der Waals surface area (Å²) in [5.74, 6) is 1.19. The molecule has 27 heavy (non-hydrogen) atoms. The number of amides is 2. The minimum atomic E-state index is -0.133.